The zero-order valence-electron chi connectivity index (χ0n) is 30.5. The summed E-state index contributed by atoms with van der Waals surface area (Å²) in [6.07, 6.45) is 5.97. The monoisotopic (exact) mass is 739 g/mol. The number of pyridine rings is 2. The highest BCUT2D eigenvalue weighted by Crippen LogP contribution is 2.36. The lowest BCUT2D eigenvalue weighted by Gasteiger charge is -2.49. The van der Waals surface area contributed by atoms with E-state index in [4.69, 9.17) is 9.72 Å². The molecule has 4 amide bonds. The minimum absolute atomic E-state index is 0.102. The fourth-order valence-corrected chi connectivity index (χ4v) is 7.65. The molecule has 3 fully saturated rings. The molecule has 280 valence electrons. The van der Waals surface area contributed by atoms with Crippen molar-refractivity contribution in [3.63, 3.8) is 0 Å². The zero-order valence-corrected chi connectivity index (χ0v) is 30.5. The molecular weight excluding hydrogens is 699 g/mol. The molecule has 5 aromatic rings. The van der Waals surface area contributed by atoms with E-state index < -0.39 is 0 Å². The minimum Gasteiger partial charge on any atom is -0.474 e. The number of imide groups is 1. The summed E-state index contributed by atoms with van der Waals surface area (Å²) in [5.41, 5.74) is 7.57. The van der Waals surface area contributed by atoms with Gasteiger partial charge in [0.15, 0.2) is 0 Å². The predicted molar refractivity (Wildman–Crippen MR) is 209 cm³/mol. The van der Waals surface area contributed by atoms with Gasteiger partial charge in [-0.25, -0.2) is 24.7 Å². The van der Waals surface area contributed by atoms with E-state index in [9.17, 15) is 14.4 Å². The highest BCUT2D eigenvalue weighted by Gasteiger charge is 2.34. The Morgan fingerprint density at radius 1 is 0.909 bits per heavy atom. The Bertz CT molecular complexity index is 2270. The van der Waals surface area contributed by atoms with Crippen molar-refractivity contribution in [3.8, 4) is 17.0 Å². The third-order valence-electron chi connectivity index (χ3n) is 10.9. The summed E-state index contributed by atoms with van der Waals surface area (Å²) < 4.78 is 5.70. The van der Waals surface area contributed by atoms with Crippen molar-refractivity contribution in [2.45, 2.75) is 25.8 Å². The van der Waals surface area contributed by atoms with Crippen LogP contribution in [0.1, 0.15) is 17.5 Å². The molecule has 4 aliphatic rings. The van der Waals surface area contributed by atoms with Gasteiger partial charge in [-0.05, 0) is 60.0 Å². The normalized spacial score (nSPS) is 17.6. The van der Waals surface area contributed by atoms with Gasteiger partial charge in [0, 0.05) is 106 Å². The first-order chi connectivity index (χ1) is 26.8. The number of benzene rings is 2. The third-order valence-corrected chi connectivity index (χ3v) is 10.9. The molecular formula is C40H41N11O4. The Morgan fingerprint density at radius 2 is 1.73 bits per heavy atom. The molecule has 0 unspecified atom stereocenters. The Kier molecular flexibility index (Phi) is 9.06. The van der Waals surface area contributed by atoms with Gasteiger partial charge < -0.3 is 25.2 Å². The Labute approximate surface area is 317 Å². The molecule has 0 bridgehead atoms. The van der Waals surface area contributed by atoms with Gasteiger partial charge in [0.25, 0.3) is 0 Å². The first-order valence-corrected chi connectivity index (χ1v) is 18.7. The summed E-state index contributed by atoms with van der Waals surface area (Å²) in [5, 5.41) is 9.90. The van der Waals surface area contributed by atoms with E-state index in [-0.39, 0.29) is 17.8 Å². The number of fused-ring (bicyclic) bond motifs is 2. The van der Waals surface area contributed by atoms with Gasteiger partial charge in [-0.3, -0.25) is 24.7 Å². The number of nitrogens with zero attached hydrogens (tertiary/aromatic N) is 8. The van der Waals surface area contributed by atoms with Gasteiger partial charge in [-0.1, -0.05) is 18.2 Å². The van der Waals surface area contributed by atoms with Gasteiger partial charge in [-0.2, -0.15) is 0 Å². The first kappa shape index (κ1) is 34.4. The largest absolute Gasteiger partial charge is 0.474 e. The summed E-state index contributed by atoms with van der Waals surface area (Å²) >= 11 is 0. The maximum Gasteiger partial charge on any atom is 0.328 e. The number of urea groups is 1. The molecule has 3 saturated heterocycles. The number of hydrogen-bond donors (Lipinski definition) is 3. The van der Waals surface area contributed by atoms with E-state index in [1.165, 1.54) is 0 Å². The maximum absolute atomic E-state index is 13.2. The molecule has 3 N–H and O–H groups in total. The molecule has 7 heterocycles. The topological polar surface area (TPSA) is 161 Å². The molecule has 2 aromatic carbocycles. The molecule has 15 nitrogen and oxygen atoms in total. The number of carbonyl (C=O) groups is 3. The number of hydrogen-bond acceptors (Lipinski definition) is 12. The molecule has 4 aliphatic heterocycles. The van der Waals surface area contributed by atoms with Gasteiger partial charge in [0.1, 0.15) is 18.1 Å². The Hall–Kier alpha value is -6.35. The van der Waals surface area contributed by atoms with Crippen molar-refractivity contribution in [1.82, 2.24) is 35.1 Å². The summed E-state index contributed by atoms with van der Waals surface area (Å²) in [4.78, 5) is 63.6. The highest BCUT2D eigenvalue weighted by molar-refractivity contribution is 6.05. The highest BCUT2D eigenvalue weighted by atomic mass is 16.5. The molecule has 9 rings (SSSR count). The first-order valence-electron chi connectivity index (χ1n) is 18.7. The SMILES string of the molecule is Cc1c(-c2ccc3cnc(Nc4ccc(CC(=O)N5CCN(C6CN(c7ccc(N8CCC(=O)NC8=O)cc7)C6)CC5)cn4)nc3c2)cnc2c1NCCO2. The second-order valence-electron chi connectivity index (χ2n) is 14.3. The van der Waals surface area contributed by atoms with E-state index in [0.29, 0.717) is 62.8 Å². The van der Waals surface area contributed by atoms with Crippen LogP contribution >= 0.6 is 0 Å². The quantitative estimate of drug-likeness (QED) is 0.211. The average Bonchev–Trinajstić information content (AvgIpc) is 3.19. The molecule has 0 radical (unpaired) electrons. The minimum atomic E-state index is -0.374. The number of nitrogens with one attached hydrogen (secondary N) is 3. The second-order valence-corrected chi connectivity index (χ2v) is 14.3. The smallest absolute Gasteiger partial charge is 0.328 e. The van der Waals surface area contributed by atoms with Crippen LogP contribution in [-0.2, 0) is 16.0 Å². The molecule has 15 heteroatoms. The standard InChI is InChI=1S/C40H41N11O4/c1-25-32(22-43-38-37(25)41-11-17-55-38)27-3-4-28-21-44-39(45-33(28)19-27)46-34-9-2-26(20-42-34)18-36(53)49-15-13-48(14-16-49)31-23-50(24-31)29-5-7-30(8-6-29)51-12-10-35(52)47-40(51)54/h2-9,19-22,31,41H,10-18,23-24H2,1H3,(H,47,52,54)(H,42,44,45,46). The van der Waals surface area contributed by atoms with Gasteiger partial charge >= 0.3 is 6.03 Å². The van der Waals surface area contributed by atoms with Crippen molar-refractivity contribution in [2.24, 2.45) is 0 Å². The maximum atomic E-state index is 13.2. The van der Waals surface area contributed by atoms with Crippen LogP contribution < -0.4 is 30.5 Å². The van der Waals surface area contributed by atoms with Crippen LogP contribution in [0.5, 0.6) is 5.88 Å². The number of ether oxygens (including phenoxy) is 1. The van der Waals surface area contributed by atoms with Crippen LogP contribution in [-0.4, -0.2) is 113 Å². The van der Waals surface area contributed by atoms with E-state index in [1.807, 2.05) is 59.6 Å². The second kappa shape index (κ2) is 14.5. The van der Waals surface area contributed by atoms with E-state index >= 15 is 0 Å². The summed E-state index contributed by atoms with van der Waals surface area (Å²) in [6.45, 7) is 8.74. The summed E-state index contributed by atoms with van der Waals surface area (Å²) in [7, 11) is 0. The lowest BCUT2D eigenvalue weighted by molar-refractivity contribution is -0.132. The molecule has 3 aromatic heterocycles. The predicted octanol–water partition coefficient (Wildman–Crippen LogP) is 3.96. The van der Waals surface area contributed by atoms with Crippen LogP contribution in [0.25, 0.3) is 22.0 Å². The fourth-order valence-electron chi connectivity index (χ4n) is 7.65. The van der Waals surface area contributed by atoms with Crippen LogP contribution in [0.15, 0.2) is 73.2 Å². The van der Waals surface area contributed by atoms with Crippen molar-refractivity contribution in [1.29, 1.82) is 0 Å². The average molecular weight is 740 g/mol. The van der Waals surface area contributed by atoms with Crippen molar-refractivity contribution in [2.75, 3.05) is 79.4 Å². The molecule has 0 aliphatic carbocycles. The van der Waals surface area contributed by atoms with Gasteiger partial charge in [0.05, 0.1) is 11.9 Å². The summed E-state index contributed by atoms with van der Waals surface area (Å²) in [6, 6.07) is 17.9. The van der Waals surface area contributed by atoms with Gasteiger partial charge in [0.2, 0.25) is 23.6 Å². The molecule has 0 atom stereocenters. The van der Waals surface area contributed by atoms with Gasteiger partial charge in [-0.15, -0.1) is 0 Å². The number of amides is 4. The number of carbonyl (C=O) groups excluding carboxylic acids is 3. The van der Waals surface area contributed by atoms with Crippen LogP contribution in [0, 0.1) is 6.92 Å². The number of piperazine rings is 1. The van der Waals surface area contributed by atoms with E-state index in [0.717, 1.165) is 82.9 Å². The van der Waals surface area contributed by atoms with E-state index in [1.54, 1.807) is 17.3 Å². The van der Waals surface area contributed by atoms with Crippen molar-refractivity contribution < 1.29 is 19.1 Å². The summed E-state index contributed by atoms with van der Waals surface area (Å²) in [5.74, 6) is 1.53. The third kappa shape index (κ3) is 7.05. The lowest BCUT2D eigenvalue weighted by atomic mass is 10.00. The van der Waals surface area contributed by atoms with Crippen LogP contribution in [0.3, 0.4) is 0 Å². The van der Waals surface area contributed by atoms with E-state index in [2.05, 4.69) is 53.7 Å². The lowest BCUT2D eigenvalue weighted by Crippen LogP contribution is -2.63. The number of anilines is 5. The Balaban J connectivity index is 0.750. The van der Waals surface area contributed by atoms with Crippen molar-refractivity contribution >= 4 is 57.6 Å². The van der Waals surface area contributed by atoms with Crippen molar-refractivity contribution in [3.05, 3.63) is 84.3 Å². The molecule has 0 saturated carbocycles. The number of aromatic nitrogens is 4. The number of rotatable bonds is 8. The fraction of sp³-hybridized carbons (Fsp3) is 0.325. The molecule has 0 spiro atoms. The Morgan fingerprint density at radius 3 is 2.51 bits per heavy atom. The zero-order chi connectivity index (χ0) is 37.5. The van der Waals surface area contributed by atoms with Crippen LogP contribution in [0.2, 0.25) is 0 Å². The molecule has 55 heavy (non-hydrogen) atoms. The van der Waals surface area contributed by atoms with Crippen LogP contribution in [0.4, 0.5) is 33.6 Å².